The van der Waals surface area contributed by atoms with Gasteiger partial charge in [-0.1, -0.05) is 17.8 Å². The molecule has 0 spiro atoms. The Labute approximate surface area is 181 Å². The molecule has 0 aromatic heterocycles. The third-order valence-electron chi connectivity index (χ3n) is 4.65. The van der Waals surface area contributed by atoms with Crippen LogP contribution in [0.3, 0.4) is 0 Å². The van der Waals surface area contributed by atoms with Gasteiger partial charge in [0.25, 0.3) is 0 Å². The maximum absolute atomic E-state index is 12.8. The Balaban J connectivity index is 1.69. The molecule has 0 aliphatic carbocycles. The fourth-order valence-electron chi connectivity index (χ4n) is 2.98. The predicted molar refractivity (Wildman–Crippen MR) is 115 cm³/mol. The summed E-state index contributed by atoms with van der Waals surface area (Å²) in [5.74, 6) is -1.32. The minimum atomic E-state index is -4.82. The average molecular weight is 451 g/mol. The molecule has 0 saturated carbocycles. The van der Waals surface area contributed by atoms with E-state index in [4.69, 9.17) is 0 Å². The van der Waals surface area contributed by atoms with Crippen LogP contribution in [0.15, 0.2) is 47.5 Å². The second-order valence-electron chi connectivity index (χ2n) is 6.87. The summed E-state index contributed by atoms with van der Waals surface area (Å²) >= 11 is 1.13. The van der Waals surface area contributed by atoms with Gasteiger partial charge in [0, 0.05) is 19.2 Å². The highest BCUT2D eigenvalue weighted by Crippen LogP contribution is 2.32. The van der Waals surface area contributed by atoms with Crippen molar-refractivity contribution in [2.75, 3.05) is 17.3 Å². The number of thioether (sulfide) groups is 1. The van der Waals surface area contributed by atoms with E-state index in [2.05, 4.69) is 15.0 Å². The molecular weight excluding hydrogens is 431 g/mol. The zero-order valence-corrected chi connectivity index (χ0v) is 17.8. The van der Waals surface area contributed by atoms with Crippen molar-refractivity contribution in [3.8, 4) is 5.75 Å². The molecule has 1 aliphatic rings. The first-order valence-corrected chi connectivity index (χ1v) is 10.2. The van der Waals surface area contributed by atoms with E-state index in [9.17, 15) is 22.8 Å². The van der Waals surface area contributed by atoms with Gasteiger partial charge < -0.3 is 10.1 Å². The molecule has 0 bridgehead atoms. The van der Waals surface area contributed by atoms with Gasteiger partial charge in [-0.2, -0.15) is 0 Å². The van der Waals surface area contributed by atoms with Crippen LogP contribution in [0, 0.1) is 13.8 Å². The molecule has 0 radical (unpaired) electrons. The first-order chi connectivity index (χ1) is 14.6. The van der Waals surface area contributed by atoms with Crippen LogP contribution < -0.4 is 15.0 Å². The number of benzene rings is 2. The van der Waals surface area contributed by atoms with Gasteiger partial charge in [0.2, 0.25) is 11.8 Å². The van der Waals surface area contributed by atoms with Crippen molar-refractivity contribution < 1.29 is 27.5 Å². The fraction of sp³-hybridized carbons (Fsp3) is 0.286. The summed E-state index contributed by atoms with van der Waals surface area (Å²) in [5.41, 5.74) is 3.24. The quantitative estimate of drug-likeness (QED) is 0.416. The molecule has 2 aromatic carbocycles. The van der Waals surface area contributed by atoms with Gasteiger partial charge in [0.1, 0.15) is 11.0 Å². The number of amides is 2. The molecule has 1 N–H and O–H groups in total. The smallest absolute Gasteiger partial charge is 0.406 e. The molecular formula is C21H20F3N3O3S. The molecule has 1 fully saturated rings. The van der Waals surface area contributed by atoms with E-state index in [-0.39, 0.29) is 12.1 Å². The zero-order chi connectivity index (χ0) is 22.8. The van der Waals surface area contributed by atoms with Gasteiger partial charge in [-0.05, 0) is 61.4 Å². The summed E-state index contributed by atoms with van der Waals surface area (Å²) in [4.78, 5) is 30.4. The lowest BCUT2D eigenvalue weighted by molar-refractivity contribution is -0.274. The number of ether oxygens (including phenoxy) is 1. The number of aryl methyl sites for hydroxylation is 2. The SMILES string of the molecule is CN=C(Nc1ccc(C)c(C)c1)S[C@@H]1CC(=O)N(c2ccc(OC(F)(F)F)cc2)C1=O. The number of rotatable bonds is 4. The van der Waals surface area contributed by atoms with E-state index in [1.54, 1.807) is 7.05 Å². The van der Waals surface area contributed by atoms with Gasteiger partial charge in [-0.3, -0.25) is 14.6 Å². The number of hydrogen-bond donors (Lipinski definition) is 1. The third kappa shape index (κ3) is 5.57. The Morgan fingerprint density at radius 2 is 1.81 bits per heavy atom. The molecule has 3 rings (SSSR count). The molecule has 10 heteroatoms. The fourth-order valence-corrected chi connectivity index (χ4v) is 3.96. The van der Waals surface area contributed by atoms with Gasteiger partial charge in [-0.15, -0.1) is 13.2 Å². The van der Waals surface area contributed by atoms with Crippen LogP contribution in [0.5, 0.6) is 5.75 Å². The number of hydrogen-bond acceptors (Lipinski definition) is 5. The van der Waals surface area contributed by atoms with Crippen molar-refractivity contribution in [3.63, 3.8) is 0 Å². The second-order valence-corrected chi connectivity index (χ2v) is 8.06. The third-order valence-corrected chi connectivity index (χ3v) is 5.81. The molecule has 31 heavy (non-hydrogen) atoms. The number of alkyl halides is 3. The topological polar surface area (TPSA) is 71.0 Å². The molecule has 2 amide bonds. The summed E-state index contributed by atoms with van der Waals surface area (Å²) in [6, 6.07) is 10.4. The maximum Gasteiger partial charge on any atom is 0.573 e. The van der Waals surface area contributed by atoms with E-state index in [1.165, 1.54) is 12.1 Å². The van der Waals surface area contributed by atoms with E-state index in [0.717, 1.165) is 45.6 Å². The lowest BCUT2D eigenvalue weighted by Crippen LogP contribution is -2.31. The minimum absolute atomic E-state index is 0.0437. The number of anilines is 2. The van der Waals surface area contributed by atoms with Crippen molar-refractivity contribution in [3.05, 3.63) is 53.6 Å². The number of carbonyl (C=O) groups is 2. The number of amidine groups is 1. The number of nitrogens with one attached hydrogen (secondary N) is 1. The molecule has 1 heterocycles. The maximum atomic E-state index is 12.8. The molecule has 0 unspecified atom stereocenters. The monoisotopic (exact) mass is 451 g/mol. The highest BCUT2D eigenvalue weighted by Gasteiger charge is 2.41. The van der Waals surface area contributed by atoms with Crippen molar-refractivity contribution in [1.82, 2.24) is 0 Å². The second kappa shape index (κ2) is 9.01. The summed E-state index contributed by atoms with van der Waals surface area (Å²) in [5, 5.41) is 2.93. The van der Waals surface area contributed by atoms with Crippen molar-refractivity contribution in [2.24, 2.45) is 4.99 Å². The van der Waals surface area contributed by atoms with Gasteiger partial charge in [-0.25, -0.2) is 4.90 Å². The minimum Gasteiger partial charge on any atom is -0.406 e. The Morgan fingerprint density at radius 3 is 2.39 bits per heavy atom. The Kier molecular flexibility index (Phi) is 6.59. The van der Waals surface area contributed by atoms with Gasteiger partial charge in [0.05, 0.1) is 5.69 Å². The number of nitrogens with zero attached hydrogens (tertiary/aromatic N) is 2. The Hall–Kier alpha value is -3.01. The lowest BCUT2D eigenvalue weighted by Gasteiger charge is -2.16. The average Bonchev–Trinajstić information content (AvgIpc) is 2.97. The van der Waals surface area contributed by atoms with Crippen LogP contribution >= 0.6 is 11.8 Å². The van der Waals surface area contributed by atoms with E-state index >= 15 is 0 Å². The molecule has 2 aromatic rings. The number of imide groups is 1. The van der Waals surface area contributed by atoms with Crippen LogP contribution in [0.1, 0.15) is 17.5 Å². The highest BCUT2D eigenvalue weighted by molar-refractivity contribution is 8.15. The molecule has 1 atom stereocenters. The summed E-state index contributed by atoms with van der Waals surface area (Å²) in [7, 11) is 1.58. The van der Waals surface area contributed by atoms with Crippen molar-refractivity contribution in [1.29, 1.82) is 0 Å². The van der Waals surface area contributed by atoms with Crippen molar-refractivity contribution in [2.45, 2.75) is 31.9 Å². The van der Waals surface area contributed by atoms with Crippen LogP contribution in [0.25, 0.3) is 0 Å². The van der Waals surface area contributed by atoms with E-state index in [0.29, 0.717) is 5.17 Å². The van der Waals surface area contributed by atoms with Crippen molar-refractivity contribution >= 4 is 40.1 Å². The van der Waals surface area contributed by atoms with Gasteiger partial charge in [0.15, 0.2) is 5.17 Å². The summed E-state index contributed by atoms with van der Waals surface area (Å²) in [6.45, 7) is 3.99. The first kappa shape index (κ1) is 22.7. The number of carbonyl (C=O) groups excluding carboxylic acids is 2. The molecule has 1 aliphatic heterocycles. The van der Waals surface area contributed by atoms with Crippen LogP contribution in [0.2, 0.25) is 0 Å². The standard InChI is InChI=1S/C21H20F3N3O3S/c1-12-4-5-14(10-13(12)2)26-20(25-3)31-17-11-18(28)27(19(17)29)15-6-8-16(9-7-15)30-21(22,23)24/h4-10,17H,11H2,1-3H3,(H,25,26)/t17-/m1/s1. The molecule has 6 nitrogen and oxygen atoms in total. The molecule has 1 saturated heterocycles. The number of halogens is 3. The zero-order valence-electron chi connectivity index (χ0n) is 17.0. The largest absolute Gasteiger partial charge is 0.573 e. The highest BCUT2D eigenvalue weighted by atomic mass is 32.2. The van der Waals surface area contributed by atoms with Crippen LogP contribution in [-0.4, -0.2) is 35.6 Å². The lowest BCUT2D eigenvalue weighted by atomic mass is 10.1. The molecule has 164 valence electrons. The van der Waals surface area contributed by atoms with E-state index < -0.39 is 29.2 Å². The predicted octanol–water partition coefficient (Wildman–Crippen LogP) is 4.67. The Morgan fingerprint density at radius 1 is 1.13 bits per heavy atom. The van der Waals surface area contributed by atoms with Crippen LogP contribution in [-0.2, 0) is 9.59 Å². The first-order valence-electron chi connectivity index (χ1n) is 9.27. The summed E-state index contributed by atoms with van der Waals surface area (Å²) < 4.78 is 40.7. The normalized spacial score (nSPS) is 17.3. The summed E-state index contributed by atoms with van der Waals surface area (Å²) in [6.07, 6.45) is -4.86. The van der Waals surface area contributed by atoms with Crippen LogP contribution in [0.4, 0.5) is 24.5 Å². The Bertz CT molecular complexity index is 1020. The van der Waals surface area contributed by atoms with Gasteiger partial charge >= 0.3 is 6.36 Å². The number of aliphatic imine (C=N–C) groups is 1. The van der Waals surface area contributed by atoms with E-state index in [1.807, 2.05) is 32.0 Å².